The highest BCUT2D eigenvalue weighted by molar-refractivity contribution is 6.31. The first-order chi connectivity index (χ1) is 10.1. The average molecular weight is 301 g/mol. The largest absolute Gasteiger partial charge is 0.325 e. The predicted molar refractivity (Wildman–Crippen MR) is 83.2 cm³/mol. The molecule has 0 amide bonds. The molecule has 0 bridgehead atoms. The molecule has 0 saturated heterocycles. The minimum atomic E-state index is -0.227. The molecular formula is C15H13ClN4O. The number of hydrogen-bond acceptors (Lipinski definition) is 4. The van der Waals surface area contributed by atoms with Crippen LogP contribution < -0.4 is 11.3 Å². The maximum Gasteiger partial charge on any atom is 0.272 e. The molecule has 2 aromatic heterocycles. The van der Waals surface area contributed by atoms with Crippen LogP contribution in [0.3, 0.4) is 0 Å². The van der Waals surface area contributed by atoms with Crippen LogP contribution in [-0.4, -0.2) is 15.2 Å². The number of aromatic amines is 1. The Balaban J connectivity index is 2.31. The molecule has 106 valence electrons. The molecule has 3 rings (SSSR count). The van der Waals surface area contributed by atoms with Gasteiger partial charge < -0.3 is 5.73 Å². The van der Waals surface area contributed by atoms with Gasteiger partial charge >= 0.3 is 0 Å². The number of pyridine rings is 1. The van der Waals surface area contributed by atoms with E-state index in [0.29, 0.717) is 16.1 Å². The predicted octanol–water partition coefficient (Wildman–Crippen LogP) is 2.41. The molecule has 0 aliphatic rings. The zero-order chi connectivity index (χ0) is 15.0. The van der Waals surface area contributed by atoms with Crippen molar-refractivity contribution in [2.24, 2.45) is 5.73 Å². The zero-order valence-corrected chi connectivity index (χ0v) is 12.1. The molecule has 2 heterocycles. The lowest BCUT2D eigenvalue weighted by Gasteiger charge is -2.09. The van der Waals surface area contributed by atoms with Gasteiger partial charge in [-0.25, -0.2) is 5.10 Å². The lowest BCUT2D eigenvalue weighted by molar-refractivity contribution is 0.900. The highest BCUT2D eigenvalue weighted by atomic mass is 35.5. The number of hydrogen-bond donors (Lipinski definition) is 2. The Morgan fingerprint density at radius 1 is 1.29 bits per heavy atom. The smallest absolute Gasteiger partial charge is 0.272 e. The third kappa shape index (κ3) is 2.30. The summed E-state index contributed by atoms with van der Waals surface area (Å²) in [4.78, 5) is 15.9. The van der Waals surface area contributed by atoms with Crippen LogP contribution >= 0.6 is 11.6 Å². The van der Waals surface area contributed by atoms with Gasteiger partial charge in [0.05, 0.1) is 16.1 Å². The molecule has 0 radical (unpaired) electrons. The third-order valence-corrected chi connectivity index (χ3v) is 3.91. The molecule has 0 aliphatic carbocycles. The van der Waals surface area contributed by atoms with Gasteiger partial charge in [0.15, 0.2) is 0 Å². The number of nitrogens with one attached hydrogen (secondary N) is 1. The highest BCUT2D eigenvalue weighted by Gasteiger charge is 2.10. The second kappa shape index (κ2) is 5.27. The Kier molecular flexibility index (Phi) is 3.45. The molecular weight excluding hydrogens is 288 g/mol. The second-order valence-corrected chi connectivity index (χ2v) is 5.16. The van der Waals surface area contributed by atoms with Crippen LogP contribution in [0.2, 0.25) is 5.02 Å². The maximum atomic E-state index is 11.8. The van der Waals surface area contributed by atoms with Crippen LogP contribution in [0.4, 0.5) is 0 Å². The second-order valence-electron chi connectivity index (χ2n) is 4.76. The van der Waals surface area contributed by atoms with Gasteiger partial charge in [-0.1, -0.05) is 17.7 Å². The van der Waals surface area contributed by atoms with E-state index in [2.05, 4.69) is 15.2 Å². The van der Waals surface area contributed by atoms with Gasteiger partial charge in [0.2, 0.25) is 0 Å². The number of halogens is 1. The minimum absolute atomic E-state index is 0.227. The first-order valence-corrected chi connectivity index (χ1v) is 6.81. The Hall–Kier alpha value is -2.24. The van der Waals surface area contributed by atoms with Crippen molar-refractivity contribution < 1.29 is 0 Å². The summed E-state index contributed by atoms with van der Waals surface area (Å²) < 4.78 is 0. The van der Waals surface area contributed by atoms with E-state index in [0.717, 1.165) is 22.1 Å². The van der Waals surface area contributed by atoms with Gasteiger partial charge in [-0.15, -0.1) is 0 Å². The van der Waals surface area contributed by atoms with Crippen molar-refractivity contribution in [1.82, 2.24) is 15.2 Å². The molecule has 0 fully saturated rings. The number of H-pyrrole nitrogens is 1. The summed E-state index contributed by atoms with van der Waals surface area (Å²) in [5, 5.41) is 8.38. The summed E-state index contributed by atoms with van der Waals surface area (Å²) in [6.07, 6.45) is 3.37. The van der Waals surface area contributed by atoms with Gasteiger partial charge in [0.25, 0.3) is 5.56 Å². The Morgan fingerprint density at radius 3 is 2.86 bits per heavy atom. The van der Waals surface area contributed by atoms with Gasteiger partial charge in [-0.05, 0) is 30.2 Å². The molecule has 5 nitrogen and oxygen atoms in total. The van der Waals surface area contributed by atoms with Gasteiger partial charge in [-0.2, -0.15) is 5.10 Å². The van der Waals surface area contributed by atoms with Crippen molar-refractivity contribution in [3.63, 3.8) is 0 Å². The fourth-order valence-corrected chi connectivity index (χ4v) is 2.49. The van der Waals surface area contributed by atoms with E-state index in [4.69, 9.17) is 17.3 Å². The monoisotopic (exact) mass is 300 g/mol. The first kappa shape index (κ1) is 13.7. The van der Waals surface area contributed by atoms with E-state index in [-0.39, 0.29) is 12.1 Å². The molecule has 0 unspecified atom stereocenters. The summed E-state index contributed by atoms with van der Waals surface area (Å²) in [7, 11) is 0. The van der Waals surface area contributed by atoms with Crippen LogP contribution in [0.1, 0.15) is 11.3 Å². The van der Waals surface area contributed by atoms with E-state index in [1.807, 2.05) is 19.1 Å². The first-order valence-electron chi connectivity index (χ1n) is 6.43. The van der Waals surface area contributed by atoms with E-state index in [1.165, 1.54) is 0 Å². The highest BCUT2D eigenvalue weighted by Crippen LogP contribution is 2.29. The molecule has 1 aromatic carbocycles. The summed E-state index contributed by atoms with van der Waals surface area (Å²) in [6, 6.07) is 5.54. The van der Waals surface area contributed by atoms with E-state index < -0.39 is 0 Å². The lowest BCUT2D eigenvalue weighted by atomic mass is 9.99. The molecule has 3 N–H and O–H groups in total. The topological polar surface area (TPSA) is 84.7 Å². The number of nitrogens with two attached hydrogens (primary N) is 1. The Morgan fingerprint density at radius 2 is 2.10 bits per heavy atom. The third-order valence-electron chi connectivity index (χ3n) is 3.53. The Labute approximate surface area is 125 Å². The fraction of sp³-hybridized carbons (Fsp3) is 0.133. The zero-order valence-electron chi connectivity index (χ0n) is 11.4. The van der Waals surface area contributed by atoms with Crippen LogP contribution in [0.25, 0.3) is 21.9 Å². The molecule has 3 aromatic rings. The van der Waals surface area contributed by atoms with Crippen LogP contribution in [0.5, 0.6) is 0 Å². The molecule has 6 heteroatoms. The Bertz CT molecular complexity index is 888. The SMILES string of the molecule is Cc1c(Cl)cncc1-c1ccc2c(=O)[nH]nc(CN)c2c1. The minimum Gasteiger partial charge on any atom is -0.325 e. The molecule has 0 spiro atoms. The normalized spacial score (nSPS) is 11.0. The summed E-state index contributed by atoms with van der Waals surface area (Å²) in [6.45, 7) is 2.19. The number of nitrogens with zero attached hydrogens (tertiary/aromatic N) is 2. The van der Waals surface area contributed by atoms with Gasteiger partial charge in [-0.3, -0.25) is 9.78 Å². The fourth-order valence-electron chi connectivity index (χ4n) is 2.33. The van der Waals surface area contributed by atoms with Crippen LogP contribution in [-0.2, 0) is 6.54 Å². The van der Waals surface area contributed by atoms with Crippen molar-refractivity contribution in [2.75, 3.05) is 0 Å². The number of rotatable bonds is 2. The van der Waals surface area contributed by atoms with Crippen molar-refractivity contribution in [1.29, 1.82) is 0 Å². The maximum absolute atomic E-state index is 11.8. The average Bonchev–Trinajstić information content (AvgIpc) is 2.50. The van der Waals surface area contributed by atoms with E-state index >= 15 is 0 Å². The van der Waals surface area contributed by atoms with Crippen molar-refractivity contribution in [2.45, 2.75) is 13.5 Å². The van der Waals surface area contributed by atoms with Crippen LogP contribution in [0, 0.1) is 6.92 Å². The molecule has 0 aliphatic heterocycles. The molecule has 0 atom stereocenters. The van der Waals surface area contributed by atoms with Crippen molar-refractivity contribution in [3.8, 4) is 11.1 Å². The number of fused-ring (bicyclic) bond motifs is 1. The van der Waals surface area contributed by atoms with Gasteiger partial charge in [0, 0.05) is 29.9 Å². The molecule has 0 saturated carbocycles. The van der Waals surface area contributed by atoms with E-state index in [1.54, 1.807) is 18.5 Å². The molecule has 21 heavy (non-hydrogen) atoms. The van der Waals surface area contributed by atoms with E-state index in [9.17, 15) is 4.79 Å². The lowest BCUT2D eigenvalue weighted by Crippen LogP contribution is -2.13. The van der Waals surface area contributed by atoms with Crippen molar-refractivity contribution in [3.05, 3.63) is 57.2 Å². The quantitative estimate of drug-likeness (QED) is 0.761. The summed E-state index contributed by atoms with van der Waals surface area (Å²) >= 11 is 6.12. The summed E-state index contributed by atoms with van der Waals surface area (Å²) in [5.41, 5.74) is 8.91. The van der Waals surface area contributed by atoms with Crippen molar-refractivity contribution >= 4 is 22.4 Å². The van der Waals surface area contributed by atoms with Crippen LogP contribution in [0.15, 0.2) is 35.4 Å². The standard InChI is InChI=1S/C15H13ClN4O/c1-8-12(6-18-7-13(8)16)9-2-3-10-11(4-9)14(5-17)19-20-15(10)21/h2-4,6-7H,5,17H2,1H3,(H,20,21). The van der Waals surface area contributed by atoms with Gasteiger partial charge in [0.1, 0.15) is 0 Å². The number of benzene rings is 1. The summed E-state index contributed by atoms with van der Waals surface area (Å²) in [5.74, 6) is 0. The number of aromatic nitrogens is 3.